The van der Waals surface area contributed by atoms with Gasteiger partial charge in [0.2, 0.25) is 0 Å². The van der Waals surface area contributed by atoms with Crippen LogP contribution in [-0.2, 0) is 20.1 Å². The van der Waals surface area contributed by atoms with Crippen molar-refractivity contribution in [2.24, 2.45) is 12.8 Å². The number of aromatic nitrogens is 2. The molecule has 0 spiro atoms. The van der Waals surface area contributed by atoms with E-state index < -0.39 is 11.0 Å². The minimum Gasteiger partial charge on any atom is -0.363 e. The van der Waals surface area contributed by atoms with Crippen LogP contribution in [0.2, 0.25) is 0 Å². The quantitative estimate of drug-likeness (QED) is 0.406. The van der Waals surface area contributed by atoms with Crippen LogP contribution in [0.4, 0.5) is 11.4 Å². The van der Waals surface area contributed by atoms with E-state index in [0.717, 1.165) is 11.1 Å². The summed E-state index contributed by atoms with van der Waals surface area (Å²) in [6.45, 7) is 5.06. The van der Waals surface area contributed by atoms with E-state index in [1.54, 1.807) is 26.1 Å². The highest BCUT2D eigenvalue weighted by Crippen LogP contribution is 2.19. The van der Waals surface area contributed by atoms with E-state index in [2.05, 4.69) is 4.90 Å². The molecule has 1 fully saturated rings. The summed E-state index contributed by atoms with van der Waals surface area (Å²) in [7, 11) is 1.67. The van der Waals surface area contributed by atoms with Gasteiger partial charge in [-0.25, -0.2) is 4.79 Å². The van der Waals surface area contributed by atoms with Gasteiger partial charge in [-0.15, -0.1) is 0 Å². The lowest BCUT2D eigenvalue weighted by Crippen LogP contribution is -2.51. The Morgan fingerprint density at radius 1 is 1.03 bits per heavy atom. The monoisotopic (exact) mass is 478 g/mol. The fourth-order valence-corrected chi connectivity index (χ4v) is 4.54. The Balaban J connectivity index is 1.52. The molecule has 4 rings (SSSR count). The average molecular weight is 479 g/mol. The molecule has 35 heavy (non-hydrogen) atoms. The number of hydrogen-bond donors (Lipinski definition) is 1. The van der Waals surface area contributed by atoms with Crippen molar-refractivity contribution < 1.29 is 4.92 Å². The highest BCUT2D eigenvalue weighted by atomic mass is 16.6. The molecule has 184 valence electrons. The number of piperazine rings is 1. The molecule has 0 radical (unpaired) electrons. The molecule has 2 heterocycles. The van der Waals surface area contributed by atoms with Crippen LogP contribution in [-0.4, -0.2) is 45.1 Å². The van der Waals surface area contributed by atoms with Crippen LogP contribution in [0.3, 0.4) is 0 Å². The van der Waals surface area contributed by atoms with E-state index in [-0.39, 0.29) is 23.5 Å². The lowest BCUT2D eigenvalue weighted by Gasteiger charge is -2.36. The highest BCUT2D eigenvalue weighted by Gasteiger charge is 2.25. The molecule has 0 bridgehead atoms. The van der Waals surface area contributed by atoms with Gasteiger partial charge in [0.25, 0.3) is 11.2 Å². The smallest absolute Gasteiger partial charge is 0.331 e. The first-order valence-corrected chi connectivity index (χ1v) is 11.6. The third-order valence-corrected chi connectivity index (χ3v) is 6.63. The van der Waals surface area contributed by atoms with E-state index in [4.69, 9.17) is 5.73 Å². The second-order valence-corrected chi connectivity index (χ2v) is 8.90. The van der Waals surface area contributed by atoms with Crippen molar-refractivity contribution >= 4 is 11.4 Å². The molecule has 0 amide bonds. The summed E-state index contributed by atoms with van der Waals surface area (Å²) < 4.78 is 2.74. The summed E-state index contributed by atoms with van der Waals surface area (Å²) >= 11 is 0. The van der Waals surface area contributed by atoms with Crippen LogP contribution < -0.4 is 21.9 Å². The molecular formula is C25H30N6O4. The number of nitro groups is 1. The van der Waals surface area contributed by atoms with Crippen molar-refractivity contribution in [3.05, 3.63) is 102 Å². The molecule has 3 aromatic rings. The third kappa shape index (κ3) is 5.18. The Morgan fingerprint density at radius 3 is 2.37 bits per heavy atom. The predicted molar refractivity (Wildman–Crippen MR) is 135 cm³/mol. The fraction of sp³-hybridized carbons (Fsp3) is 0.360. The molecule has 1 atom stereocenters. The summed E-state index contributed by atoms with van der Waals surface area (Å²) in [5.74, 6) is 0. The van der Waals surface area contributed by atoms with Crippen molar-refractivity contribution in [3.8, 4) is 0 Å². The standard InChI is InChI=1S/C25H30N6O4/c1-18-23(24(32)30(25(33)27(18)2)17-22(26)20-8-4-3-5-9-20)29-13-11-28(12-14-29)16-19-7-6-10-21(15-19)31(34)35/h3-10,15,22H,11-14,16-17,26H2,1-2H3/t22-/m0/s1. The zero-order chi connectivity index (χ0) is 25.1. The number of anilines is 1. The van der Waals surface area contributed by atoms with Crippen molar-refractivity contribution in [1.82, 2.24) is 14.0 Å². The molecule has 1 saturated heterocycles. The maximum absolute atomic E-state index is 13.5. The lowest BCUT2D eigenvalue weighted by molar-refractivity contribution is -0.384. The molecule has 1 aliphatic heterocycles. The molecule has 10 nitrogen and oxygen atoms in total. The first kappa shape index (κ1) is 24.4. The third-order valence-electron chi connectivity index (χ3n) is 6.63. The van der Waals surface area contributed by atoms with Gasteiger partial charge in [-0.1, -0.05) is 42.5 Å². The predicted octanol–water partition coefficient (Wildman–Crippen LogP) is 1.79. The normalized spacial score (nSPS) is 15.2. The second kappa shape index (κ2) is 10.2. The zero-order valence-corrected chi connectivity index (χ0v) is 20.0. The van der Waals surface area contributed by atoms with E-state index in [0.29, 0.717) is 44.1 Å². The van der Waals surface area contributed by atoms with Gasteiger partial charge >= 0.3 is 5.69 Å². The van der Waals surface area contributed by atoms with Crippen molar-refractivity contribution in [1.29, 1.82) is 0 Å². The maximum atomic E-state index is 13.5. The second-order valence-electron chi connectivity index (χ2n) is 8.90. The van der Waals surface area contributed by atoms with Gasteiger partial charge < -0.3 is 10.6 Å². The van der Waals surface area contributed by atoms with Crippen LogP contribution in [0, 0.1) is 17.0 Å². The molecular weight excluding hydrogens is 448 g/mol. The van der Waals surface area contributed by atoms with Crippen molar-refractivity contribution in [2.75, 3.05) is 31.1 Å². The number of rotatable bonds is 7. The van der Waals surface area contributed by atoms with E-state index in [9.17, 15) is 19.7 Å². The zero-order valence-electron chi connectivity index (χ0n) is 20.0. The van der Waals surface area contributed by atoms with Gasteiger partial charge in [0.15, 0.2) is 0 Å². The molecule has 0 aliphatic carbocycles. The first-order valence-electron chi connectivity index (χ1n) is 11.6. The number of benzene rings is 2. The number of non-ortho nitro benzene ring substituents is 1. The molecule has 1 aromatic heterocycles. The van der Waals surface area contributed by atoms with Gasteiger partial charge in [0, 0.05) is 63.6 Å². The Kier molecular flexibility index (Phi) is 7.13. The largest absolute Gasteiger partial charge is 0.363 e. The molecule has 2 N–H and O–H groups in total. The molecule has 1 aliphatic rings. The average Bonchev–Trinajstić information content (AvgIpc) is 2.87. The van der Waals surface area contributed by atoms with Gasteiger partial charge in [-0.3, -0.25) is 28.9 Å². The SMILES string of the molecule is Cc1c(N2CCN(Cc3cccc([N+](=O)[O-])c3)CC2)c(=O)n(C[C@H](N)c2ccccc2)c(=O)n1C. The molecule has 0 saturated carbocycles. The van der Waals surface area contributed by atoms with Crippen LogP contribution in [0.1, 0.15) is 22.9 Å². The lowest BCUT2D eigenvalue weighted by atomic mass is 10.1. The molecule has 2 aromatic carbocycles. The summed E-state index contributed by atoms with van der Waals surface area (Å²) in [6, 6.07) is 15.6. The minimum atomic E-state index is -0.482. The van der Waals surface area contributed by atoms with Crippen molar-refractivity contribution in [2.45, 2.75) is 26.1 Å². The Labute approximate surface area is 203 Å². The van der Waals surface area contributed by atoms with Gasteiger partial charge in [-0.2, -0.15) is 0 Å². The maximum Gasteiger partial charge on any atom is 0.331 e. The van der Waals surface area contributed by atoms with Crippen LogP contribution in [0.25, 0.3) is 0 Å². The Hall–Kier alpha value is -3.76. The van der Waals surface area contributed by atoms with E-state index in [1.165, 1.54) is 15.2 Å². The van der Waals surface area contributed by atoms with Crippen LogP contribution >= 0.6 is 0 Å². The summed E-state index contributed by atoms with van der Waals surface area (Å²) in [4.78, 5) is 41.3. The van der Waals surface area contributed by atoms with Crippen molar-refractivity contribution in [3.63, 3.8) is 0 Å². The van der Waals surface area contributed by atoms with E-state index in [1.807, 2.05) is 41.3 Å². The minimum absolute atomic E-state index is 0.0798. The van der Waals surface area contributed by atoms with Gasteiger partial charge in [0.1, 0.15) is 5.69 Å². The Bertz CT molecular complexity index is 1330. The van der Waals surface area contributed by atoms with Crippen LogP contribution in [0.5, 0.6) is 0 Å². The van der Waals surface area contributed by atoms with E-state index >= 15 is 0 Å². The number of nitrogens with zero attached hydrogens (tertiary/aromatic N) is 5. The highest BCUT2D eigenvalue weighted by molar-refractivity contribution is 5.49. The number of nitro benzene ring substituents is 1. The van der Waals surface area contributed by atoms with Gasteiger partial charge in [-0.05, 0) is 18.1 Å². The van der Waals surface area contributed by atoms with Gasteiger partial charge in [0.05, 0.1) is 11.5 Å². The first-order chi connectivity index (χ1) is 16.8. The van der Waals surface area contributed by atoms with Crippen LogP contribution in [0.15, 0.2) is 64.2 Å². The molecule has 10 heteroatoms. The number of nitrogens with two attached hydrogens (primary N) is 1. The number of hydrogen-bond acceptors (Lipinski definition) is 7. The summed E-state index contributed by atoms with van der Waals surface area (Å²) in [5.41, 5.74) is 8.58. The fourth-order valence-electron chi connectivity index (χ4n) is 4.54. The summed E-state index contributed by atoms with van der Waals surface area (Å²) in [6.07, 6.45) is 0. The Morgan fingerprint density at radius 2 is 1.71 bits per heavy atom. The molecule has 0 unspecified atom stereocenters. The topological polar surface area (TPSA) is 120 Å². The summed E-state index contributed by atoms with van der Waals surface area (Å²) in [5, 5.41) is 11.1.